The van der Waals surface area contributed by atoms with Gasteiger partial charge in [-0.15, -0.1) is 0 Å². The molecule has 1 aliphatic heterocycles. The van der Waals surface area contributed by atoms with Gasteiger partial charge in [0.2, 0.25) is 17.7 Å². The van der Waals surface area contributed by atoms with E-state index < -0.39 is 22.4 Å². The molecule has 5 N–H and O–H groups in total. The number of rotatable bonds is 8. The molecule has 0 radical (unpaired) electrons. The minimum absolute atomic E-state index is 0.0176. The van der Waals surface area contributed by atoms with E-state index in [1.807, 2.05) is 12.1 Å². The molecular weight excluding hydrogens is 444 g/mol. The number of hydrogen-bond donors (Lipinski definition) is 3. The first-order valence-electron chi connectivity index (χ1n) is 12.2. The molecule has 0 saturated carbocycles. The van der Waals surface area contributed by atoms with E-state index in [0.717, 1.165) is 5.56 Å². The molecule has 1 fully saturated rings. The highest BCUT2D eigenvalue weighted by atomic mass is 16.2. The van der Waals surface area contributed by atoms with Gasteiger partial charge in [0.25, 0.3) is 5.91 Å². The minimum atomic E-state index is -1.02. The molecule has 1 aromatic carbocycles. The summed E-state index contributed by atoms with van der Waals surface area (Å²) in [5.74, 6) is -1.73. The van der Waals surface area contributed by atoms with Crippen molar-refractivity contribution in [2.45, 2.75) is 85.2 Å². The Balaban J connectivity index is 2.15. The zero-order valence-corrected chi connectivity index (χ0v) is 22.8. The molecule has 194 valence electrons. The lowest BCUT2D eigenvalue weighted by atomic mass is 9.72. The molecule has 4 amide bonds. The average Bonchev–Trinajstić information content (AvgIpc) is 2.71. The second kappa shape index (κ2) is 9.72. The molecule has 35 heavy (non-hydrogen) atoms. The molecular formula is C27H43N4O4+. The van der Waals surface area contributed by atoms with Gasteiger partial charge in [0.1, 0.15) is 5.92 Å². The van der Waals surface area contributed by atoms with Gasteiger partial charge in [0.15, 0.2) is 0 Å². The molecule has 8 heteroatoms. The quantitative estimate of drug-likeness (QED) is 0.486. The second-order valence-corrected chi connectivity index (χ2v) is 12.2. The molecule has 1 aromatic rings. The largest absolute Gasteiger partial charge is 0.357 e. The second-order valence-electron chi connectivity index (χ2n) is 12.2. The fourth-order valence-electron chi connectivity index (χ4n) is 4.08. The van der Waals surface area contributed by atoms with Crippen molar-refractivity contribution in [2.75, 3.05) is 13.1 Å². The van der Waals surface area contributed by atoms with Crippen LogP contribution >= 0.6 is 0 Å². The molecule has 8 nitrogen and oxygen atoms in total. The first-order chi connectivity index (χ1) is 15.8. The number of carbonyl (C=O) groups is 4. The lowest BCUT2D eigenvalue weighted by Crippen LogP contribution is -2.69. The van der Waals surface area contributed by atoms with E-state index in [0.29, 0.717) is 18.5 Å². The zero-order chi connectivity index (χ0) is 27.0. The van der Waals surface area contributed by atoms with E-state index in [1.54, 1.807) is 53.7 Å². The third-order valence-corrected chi connectivity index (χ3v) is 7.55. The van der Waals surface area contributed by atoms with Crippen LogP contribution < -0.4 is 16.4 Å². The van der Waals surface area contributed by atoms with E-state index in [4.69, 9.17) is 0 Å². The topological polar surface area (TPSA) is 123 Å². The highest BCUT2D eigenvalue weighted by Gasteiger charge is 2.50. The van der Waals surface area contributed by atoms with Crippen LogP contribution in [-0.2, 0) is 19.8 Å². The first-order valence-corrected chi connectivity index (χ1v) is 12.2. The van der Waals surface area contributed by atoms with Crippen molar-refractivity contribution < 1.29 is 24.9 Å². The smallest absolute Gasteiger partial charge is 0.251 e. The summed E-state index contributed by atoms with van der Waals surface area (Å²) in [5.41, 5.74) is 2.70. The number of nitrogens with one attached hydrogen (secondary N) is 2. The van der Waals surface area contributed by atoms with Crippen LogP contribution in [0.1, 0.15) is 84.7 Å². The third-order valence-electron chi connectivity index (χ3n) is 7.55. The highest BCUT2D eigenvalue weighted by Crippen LogP contribution is 2.35. The number of β-lactam (4-membered cyclic amide) rings is 1. The van der Waals surface area contributed by atoms with Crippen molar-refractivity contribution in [1.29, 1.82) is 0 Å². The standard InChI is InChI=1S/C27H42N4O4/c1-24(2,3)18-12-10-17(11-13-18)21(33)29-26(6,7)19(16-28)22(34)30-27(8,9)25(4,5)23(35)31-15-14-20(31)32/h10-13,19H,14-16,28H2,1-9H3,(H,29,33)(H,30,34)/p+1. The SMILES string of the molecule is CC(C)(C)c1ccc(C(=O)NC(C)(C)C(C[NH3+])C(=O)NC(C)(C)C(C)(C)C(=O)N2CCC2=O)cc1. The summed E-state index contributed by atoms with van der Waals surface area (Å²) >= 11 is 0. The summed E-state index contributed by atoms with van der Waals surface area (Å²) in [5, 5.41) is 5.99. The molecule has 2 rings (SSSR count). The Hall–Kier alpha value is -2.74. The molecule has 1 atom stereocenters. The molecule has 0 spiro atoms. The molecule has 0 aliphatic carbocycles. The Morgan fingerprint density at radius 1 is 0.943 bits per heavy atom. The summed E-state index contributed by atoms with van der Waals surface area (Å²) in [6.07, 6.45) is 0.366. The zero-order valence-electron chi connectivity index (χ0n) is 22.8. The predicted octanol–water partition coefficient (Wildman–Crippen LogP) is 2.03. The van der Waals surface area contributed by atoms with Gasteiger partial charge in [-0.05, 0) is 64.7 Å². The van der Waals surface area contributed by atoms with Crippen LogP contribution in [0.3, 0.4) is 0 Å². The van der Waals surface area contributed by atoms with Crippen LogP contribution in [0.25, 0.3) is 0 Å². The highest BCUT2D eigenvalue weighted by molar-refractivity contribution is 6.02. The third kappa shape index (κ3) is 5.92. The van der Waals surface area contributed by atoms with Crippen molar-refractivity contribution >= 4 is 23.6 Å². The number of carbonyl (C=O) groups excluding carboxylic acids is 4. The van der Waals surface area contributed by atoms with Gasteiger partial charge in [-0.1, -0.05) is 32.9 Å². The van der Waals surface area contributed by atoms with Gasteiger partial charge in [-0.2, -0.15) is 0 Å². The number of benzene rings is 1. The molecule has 1 unspecified atom stereocenters. The molecule has 0 aromatic heterocycles. The maximum Gasteiger partial charge on any atom is 0.251 e. The Kier molecular flexibility index (Phi) is 7.92. The van der Waals surface area contributed by atoms with E-state index in [9.17, 15) is 19.2 Å². The van der Waals surface area contributed by atoms with Gasteiger partial charge >= 0.3 is 0 Å². The molecule has 1 aliphatic rings. The van der Waals surface area contributed by atoms with Crippen molar-refractivity contribution in [3.05, 3.63) is 35.4 Å². The molecule has 0 bridgehead atoms. The van der Waals surface area contributed by atoms with Crippen molar-refractivity contribution in [2.24, 2.45) is 11.3 Å². The number of hydrogen-bond acceptors (Lipinski definition) is 4. The lowest BCUT2D eigenvalue weighted by molar-refractivity contribution is -0.378. The van der Waals surface area contributed by atoms with E-state index >= 15 is 0 Å². The fraction of sp³-hybridized carbons (Fsp3) is 0.630. The summed E-state index contributed by atoms with van der Waals surface area (Å²) in [7, 11) is 0. The van der Waals surface area contributed by atoms with Gasteiger partial charge in [-0.3, -0.25) is 24.1 Å². The minimum Gasteiger partial charge on any atom is -0.357 e. The Morgan fingerprint density at radius 2 is 1.49 bits per heavy atom. The average molecular weight is 488 g/mol. The Labute approximate surface area is 209 Å². The van der Waals surface area contributed by atoms with Gasteiger partial charge in [0, 0.05) is 24.1 Å². The fourth-order valence-corrected chi connectivity index (χ4v) is 4.08. The van der Waals surface area contributed by atoms with Gasteiger partial charge in [0.05, 0.1) is 17.5 Å². The molecule has 1 heterocycles. The number of likely N-dealkylation sites (tertiary alicyclic amines) is 1. The van der Waals surface area contributed by atoms with Crippen LogP contribution in [0.5, 0.6) is 0 Å². The maximum absolute atomic E-state index is 13.4. The van der Waals surface area contributed by atoms with Crippen LogP contribution in [0.15, 0.2) is 24.3 Å². The number of amides is 4. The van der Waals surface area contributed by atoms with Crippen molar-refractivity contribution in [1.82, 2.24) is 15.5 Å². The van der Waals surface area contributed by atoms with Crippen LogP contribution in [0.2, 0.25) is 0 Å². The number of nitrogens with zero attached hydrogens (tertiary/aromatic N) is 1. The monoisotopic (exact) mass is 487 g/mol. The van der Waals surface area contributed by atoms with E-state index in [1.165, 1.54) is 4.90 Å². The van der Waals surface area contributed by atoms with E-state index in [2.05, 4.69) is 37.1 Å². The van der Waals surface area contributed by atoms with Gasteiger partial charge in [-0.25, -0.2) is 0 Å². The van der Waals surface area contributed by atoms with Crippen molar-refractivity contribution in [3.63, 3.8) is 0 Å². The first kappa shape index (κ1) is 28.5. The Morgan fingerprint density at radius 3 is 1.89 bits per heavy atom. The van der Waals surface area contributed by atoms with Crippen molar-refractivity contribution in [3.8, 4) is 0 Å². The maximum atomic E-state index is 13.4. The predicted molar refractivity (Wildman–Crippen MR) is 135 cm³/mol. The van der Waals surface area contributed by atoms with Crippen LogP contribution in [-0.4, -0.2) is 52.7 Å². The number of quaternary nitrogens is 1. The normalized spacial score (nSPS) is 15.8. The lowest BCUT2D eigenvalue weighted by Gasteiger charge is -2.46. The van der Waals surface area contributed by atoms with Crippen LogP contribution in [0.4, 0.5) is 0 Å². The number of imide groups is 1. The molecule has 1 saturated heterocycles. The summed E-state index contributed by atoms with van der Waals surface area (Å²) in [6.45, 7) is 17.6. The summed E-state index contributed by atoms with van der Waals surface area (Å²) in [6, 6.07) is 7.47. The summed E-state index contributed by atoms with van der Waals surface area (Å²) < 4.78 is 0. The Bertz CT molecular complexity index is 987. The van der Waals surface area contributed by atoms with E-state index in [-0.39, 0.29) is 35.6 Å². The van der Waals surface area contributed by atoms with Gasteiger partial charge < -0.3 is 16.4 Å². The van der Waals surface area contributed by atoms with Crippen LogP contribution in [0, 0.1) is 11.3 Å². The summed E-state index contributed by atoms with van der Waals surface area (Å²) in [4.78, 5) is 52.4.